The Morgan fingerprint density at radius 1 is 0.944 bits per heavy atom. The third-order valence-corrected chi connectivity index (χ3v) is 8.49. The molecule has 0 aromatic heterocycles. The lowest BCUT2D eigenvalue weighted by Crippen LogP contribution is -2.31. The molecule has 192 valence electrons. The Kier molecular flexibility index (Phi) is 8.89. The smallest absolute Gasteiger partial charge is 0.261 e. The van der Waals surface area contributed by atoms with Crippen LogP contribution in [0, 0.1) is 6.92 Å². The third kappa shape index (κ3) is 7.36. The van der Waals surface area contributed by atoms with E-state index in [-0.39, 0.29) is 39.5 Å². The zero-order valence-electron chi connectivity index (χ0n) is 19.5. The summed E-state index contributed by atoms with van der Waals surface area (Å²) in [5, 5.41) is 2.99. The van der Waals surface area contributed by atoms with E-state index in [2.05, 4.69) is 10.0 Å². The molecule has 0 saturated heterocycles. The number of hydrogen-bond acceptors (Lipinski definition) is 5. The van der Waals surface area contributed by atoms with E-state index in [1.165, 1.54) is 34.6 Å². The lowest BCUT2D eigenvalue weighted by molar-refractivity contribution is -0.116. The topological polar surface area (TPSA) is 113 Å². The first kappa shape index (κ1) is 27.8. The summed E-state index contributed by atoms with van der Waals surface area (Å²) in [6.07, 6.45) is 1.50. The molecule has 3 rings (SSSR count). The average molecular weight is 571 g/mol. The highest BCUT2D eigenvalue weighted by atomic mass is 35.5. The van der Waals surface area contributed by atoms with Crippen LogP contribution in [0.2, 0.25) is 10.0 Å². The summed E-state index contributed by atoms with van der Waals surface area (Å²) in [5.74, 6) is -0.327. The van der Waals surface area contributed by atoms with Crippen LogP contribution in [0.4, 0.5) is 17.1 Å². The van der Waals surface area contributed by atoms with Gasteiger partial charge in [-0.2, -0.15) is 0 Å². The van der Waals surface area contributed by atoms with Gasteiger partial charge in [-0.05, 0) is 67.4 Å². The number of sulfonamides is 2. The lowest BCUT2D eigenvalue weighted by atomic mass is 10.2. The first-order chi connectivity index (χ1) is 16.9. The van der Waals surface area contributed by atoms with Gasteiger partial charge in [0, 0.05) is 18.7 Å². The molecular formula is C24H25Cl2N3O5S2. The van der Waals surface area contributed by atoms with Crippen molar-refractivity contribution in [2.45, 2.75) is 24.7 Å². The van der Waals surface area contributed by atoms with Crippen molar-refractivity contribution in [1.82, 2.24) is 0 Å². The van der Waals surface area contributed by atoms with Gasteiger partial charge in [0.2, 0.25) is 15.9 Å². The predicted molar refractivity (Wildman–Crippen MR) is 145 cm³/mol. The van der Waals surface area contributed by atoms with Crippen molar-refractivity contribution in [1.29, 1.82) is 0 Å². The van der Waals surface area contributed by atoms with E-state index in [4.69, 9.17) is 23.2 Å². The van der Waals surface area contributed by atoms with Gasteiger partial charge in [0.05, 0.1) is 32.6 Å². The van der Waals surface area contributed by atoms with Crippen molar-refractivity contribution >= 4 is 66.2 Å². The summed E-state index contributed by atoms with van der Waals surface area (Å²) in [6.45, 7) is 2.01. The fourth-order valence-electron chi connectivity index (χ4n) is 3.38. The van der Waals surface area contributed by atoms with Gasteiger partial charge in [-0.15, -0.1) is 0 Å². The van der Waals surface area contributed by atoms with Crippen molar-refractivity contribution in [3.8, 4) is 0 Å². The molecule has 3 aromatic carbocycles. The molecule has 0 aliphatic heterocycles. The Bertz CT molecular complexity index is 1460. The first-order valence-electron chi connectivity index (χ1n) is 10.8. The van der Waals surface area contributed by atoms with Gasteiger partial charge in [-0.3, -0.25) is 13.8 Å². The molecule has 0 saturated carbocycles. The minimum Gasteiger partial charge on any atom is -0.326 e. The Hall–Kier alpha value is -2.79. The first-order valence-corrected chi connectivity index (χ1v) is 14.9. The maximum Gasteiger partial charge on any atom is 0.261 e. The van der Waals surface area contributed by atoms with Gasteiger partial charge in [-0.25, -0.2) is 16.8 Å². The van der Waals surface area contributed by atoms with Gasteiger partial charge >= 0.3 is 0 Å². The molecule has 1 amide bonds. The highest BCUT2D eigenvalue weighted by molar-refractivity contribution is 7.92. The average Bonchev–Trinajstić information content (AvgIpc) is 2.79. The molecule has 0 fully saturated rings. The predicted octanol–water partition coefficient (Wildman–Crippen LogP) is 5.29. The fourth-order valence-corrected chi connectivity index (χ4v) is 5.81. The summed E-state index contributed by atoms with van der Waals surface area (Å²) in [4.78, 5) is 12.4. The normalized spacial score (nSPS) is 11.7. The minimum atomic E-state index is -3.93. The number of amides is 1. The standard InChI is InChI=1S/C24H25Cl2N3O5S2/c1-17-6-3-7-19(16-17)29(35(2,31)32)15-5-10-23(30)27-18-11-13-20(14-12-18)36(33,34)28-22-9-4-8-21(25)24(22)26/h3-4,6-9,11-14,16,28H,5,10,15H2,1-2H3,(H,27,30). The SMILES string of the molecule is Cc1cccc(N(CCCC(=O)Nc2ccc(S(=O)(=O)Nc3cccc(Cl)c3Cl)cc2)S(C)(=O)=O)c1. The van der Waals surface area contributed by atoms with Crippen LogP contribution in [-0.4, -0.2) is 35.5 Å². The monoisotopic (exact) mass is 569 g/mol. The lowest BCUT2D eigenvalue weighted by Gasteiger charge is -2.22. The van der Waals surface area contributed by atoms with Crippen LogP contribution in [0.25, 0.3) is 0 Å². The molecule has 0 spiro atoms. The Morgan fingerprint density at radius 2 is 1.61 bits per heavy atom. The van der Waals surface area contributed by atoms with Gasteiger partial charge < -0.3 is 5.32 Å². The summed E-state index contributed by atoms with van der Waals surface area (Å²) in [6, 6.07) is 17.3. The van der Waals surface area contributed by atoms with Crippen LogP contribution in [0.3, 0.4) is 0 Å². The number of anilines is 3. The molecule has 12 heteroatoms. The Labute approximate surface area is 221 Å². The van der Waals surface area contributed by atoms with E-state index in [1.807, 2.05) is 13.0 Å². The molecule has 3 aromatic rings. The zero-order chi connectivity index (χ0) is 26.5. The van der Waals surface area contributed by atoms with Crippen molar-refractivity contribution in [3.05, 3.63) is 82.3 Å². The van der Waals surface area contributed by atoms with E-state index in [0.29, 0.717) is 17.8 Å². The van der Waals surface area contributed by atoms with Gasteiger partial charge in [0.25, 0.3) is 10.0 Å². The number of aryl methyl sites for hydroxylation is 1. The van der Waals surface area contributed by atoms with Crippen molar-refractivity contribution < 1.29 is 21.6 Å². The maximum atomic E-state index is 12.7. The molecule has 0 heterocycles. The second-order valence-electron chi connectivity index (χ2n) is 8.06. The Balaban J connectivity index is 1.59. The molecule has 0 radical (unpaired) electrons. The number of nitrogens with one attached hydrogen (secondary N) is 2. The fraction of sp³-hybridized carbons (Fsp3) is 0.208. The number of benzene rings is 3. The van der Waals surface area contributed by atoms with E-state index in [1.54, 1.807) is 30.3 Å². The summed E-state index contributed by atoms with van der Waals surface area (Å²) >= 11 is 12.0. The molecule has 0 aliphatic rings. The van der Waals surface area contributed by atoms with E-state index < -0.39 is 20.0 Å². The number of carbonyl (C=O) groups is 1. The van der Waals surface area contributed by atoms with E-state index in [0.717, 1.165) is 11.8 Å². The zero-order valence-corrected chi connectivity index (χ0v) is 22.7. The van der Waals surface area contributed by atoms with Crippen molar-refractivity contribution in [2.24, 2.45) is 0 Å². The number of halogens is 2. The maximum absolute atomic E-state index is 12.7. The minimum absolute atomic E-state index is 0.0292. The molecule has 8 nitrogen and oxygen atoms in total. The molecule has 0 atom stereocenters. The van der Waals surface area contributed by atoms with Crippen LogP contribution >= 0.6 is 23.2 Å². The number of carbonyl (C=O) groups excluding carboxylic acids is 1. The van der Waals surface area contributed by atoms with Crippen LogP contribution in [0.1, 0.15) is 18.4 Å². The summed E-state index contributed by atoms with van der Waals surface area (Å²) < 4.78 is 53.5. The summed E-state index contributed by atoms with van der Waals surface area (Å²) in [7, 11) is -7.45. The van der Waals surface area contributed by atoms with Gasteiger partial charge in [0.1, 0.15) is 0 Å². The van der Waals surface area contributed by atoms with E-state index in [9.17, 15) is 21.6 Å². The number of nitrogens with zero attached hydrogens (tertiary/aromatic N) is 1. The molecule has 0 unspecified atom stereocenters. The molecule has 0 bridgehead atoms. The molecular weight excluding hydrogens is 545 g/mol. The van der Waals surface area contributed by atoms with Crippen molar-refractivity contribution in [3.63, 3.8) is 0 Å². The molecule has 0 aliphatic carbocycles. The third-order valence-electron chi connectivity index (χ3n) is 5.10. The number of hydrogen-bond donors (Lipinski definition) is 2. The molecule has 2 N–H and O–H groups in total. The summed E-state index contributed by atoms with van der Waals surface area (Å²) in [5.41, 5.74) is 2.02. The van der Waals surface area contributed by atoms with Crippen LogP contribution in [-0.2, 0) is 24.8 Å². The largest absolute Gasteiger partial charge is 0.326 e. The quantitative estimate of drug-likeness (QED) is 0.344. The number of rotatable bonds is 10. The van der Waals surface area contributed by atoms with Gasteiger partial charge in [0.15, 0.2) is 0 Å². The second-order valence-corrected chi connectivity index (χ2v) is 12.4. The second kappa shape index (κ2) is 11.5. The van der Waals surface area contributed by atoms with Gasteiger partial charge in [-0.1, -0.05) is 41.4 Å². The van der Waals surface area contributed by atoms with Crippen LogP contribution in [0.5, 0.6) is 0 Å². The highest BCUT2D eigenvalue weighted by Crippen LogP contribution is 2.31. The Morgan fingerprint density at radius 3 is 2.25 bits per heavy atom. The molecule has 36 heavy (non-hydrogen) atoms. The highest BCUT2D eigenvalue weighted by Gasteiger charge is 2.19. The van der Waals surface area contributed by atoms with Crippen molar-refractivity contribution in [2.75, 3.05) is 27.1 Å². The van der Waals surface area contributed by atoms with Crippen LogP contribution in [0.15, 0.2) is 71.6 Å². The van der Waals surface area contributed by atoms with E-state index >= 15 is 0 Å². The van der Waals surface area contributed by atoms with Crippen LogP contribution < -0.4 is 14.3 Å².